The van der Waals surface area contributed by atoms with Gasteiger partial charge in [0, 0.05) is 11.8 Å². The lowest BCUT2D eigenvalue weighted by molar-refractivity contribution is 0.217. The van der Waals surface area contributed by atoms with Crippen molar-refractivity contribution < 1.29 is 18.0 Å². The van der Waals surface area contributed by atoms with Gasteiger partial charge in [0.2, 0.25) is 0 Å². The maximum absolute atomic E-state index is 12.1. The molecule has 1 heterocycles. The highest BCUT2D eigenvalue weighted by Crippen LogP contribution is 2.52. The van der Waals surface area contributed by atoms with Crippen molar-refractivity contribution in [1.29, 1.82) is 0 Å². The molecule has 8 heteroatoms. The van der Waals surface area contributed by atoms with Gasteiger partial charge in [-0.05, 0) is 32.2 Å². The molecule has 1 aromatic carbocycles. The number of hydrogen-bond acceptors (Lipinski definition) is 7. The average molecular weight is 360 g/mol. The van der Waals surface area contributed by atoms with Gasteiger partial charge in [-0.25, -0.2) is 4.79 Å². The van der Waals surface area contributed by atoms with Gasteiger partial charge in [-0.1, -0.05) is 12.1 Å². The molecule has 2 rings (SSSR count). The molecular weight excluding hydrogens is 343 g/mol. The first-order chi connectivity index (χ1) is 10.5. The van der Waals surface area contributed by atoms with Crippen molar-refractivity contribution in [3.63, 3.8) is 0 Å². The van der Waals surface area contributed by atoms with Crippen LogP contribution < -0.4 is 10.1 Å². The number of para-hydroxylation sites is 1. The topological polar surface area (TPSA) is 57.9 Å². The second-order valence-electron chi connectivity index (χ2n) is 4.12. The van der Waals surface area contributed by atoms with Crippen LogP contribution in [0.3, 0.4) is 0 Å². The molecule has 22 heavy (non-hydrogen) atoms. The Balaban J connectivity index is 2.62. The van der Waals surface area contributed by atoms with Crippen LogP contribution in [0.4, 0.5) is 0 Å². The van der Waals surface area contributed by atoms with Crippen molar-refractivity contribution in [2.45, 2.75) is 18.7 Å². The number of thioether (sulfide) groups is 1. The fraction of sp³-hybridized carbons (Fsp3) is 0.357. The molecule has 0 radical (unpaired) electrons. The van der Waals surface area contributed by atoms with Crippen molar-refractivity contribution in [3.8, 4) is 5.75 Å². The molecule has 0 N–H and O–H groups in total. The van der Waals surface area contributed by atoms with Gasteiger partial charge in [-0.3, -0.25) is 9.05 Å². The van der Waals surface area contributed by atoms with Gasteiger partial charge >= 0.3 is 12.3 Å². The highest BCUT2D eigenvalue weighted by molar-refractivity contribution is 8.07. The minimum atomic E-state index is -2.97. The minimum Gasteiger partial charge on any atom is -0.422 e. The lowest BCUT2D eigenvalue weighted by Gasteiger charge is -2.22. The van der Waals surface area contributed by atoms with E-state index in [2.05, 4.69) is 0 Å². The second kappa shape index (κ2) is 7.62. The number of fused-ring (bicyclic) bond motifs is 1. The van der Waals surface area contributed by atoms with Crippen LogP contribution in [0.2, 0.25) is 0 Å². The molecule has 0 fully saturated rings. The largest absolute Gasteiger partial charge is 0.422 e. The van der Waals surface area contributed by atoms with Crippen LogP contribution in [0.25, 0.3) is 11.0 Å². The van der Waals surface area contributed by atoms with E-state index in [1.165, 1.54) is 11.8 Å². The SMILES string of the molecule is CCOP(=S)(OCC)Oc1c(SC)c(=O)oc2ccccc12. The highest BCUT2D eigenvalue weighted by Gasteiger charge is 2.26. The Bertz CT molecular complexity index is 748. The third-order valence-corrected chi connectivity index (χ3v) is 5.88. The van der Waals surface area contributed by atoms with Crippen molar-refractivity contribution in [1.82, 2.24) is 0 Å². The zero-order valence-corrected chi connectivity index (χ0v) is 15.1. The molecule has 0 saturated carbocycles. The van der Waals surface area contributed by atoms with Gasteiger partial charge in [-0.15, -0.1) is 11.8 Å². The third kappa shape index (κ3) is 3.73. The zero-order valence-electron chi connectivity index (χ0n) is 12.5. The smallest absolute Gasteiger partial charge is 0.380 e. The number of rotatable bonds is 7. The molecule has 0 aliphatic carbocycles. The van der Waals surface area contributed by atoms with E-state index in [-0.39, 0.29) is 0 Å². The molecule has 0 amide bonds. The number of hydrogen-bond donors (Lipinski definition) is 0. The summed E-state index contributed by atoms with van der Waals surface area (Å²) in [7, 11) is 0. The normalized spacial score (nSPS) is 11.8. The second-order valence-corrected chi connectivity index (χ2v) is 7.87. The summed E-state index contributed by atoms with van der Waals surface area (Å²) in [6, 6.07) is 7.14. The summed E-state index contributed by atoms with van der Waals surface area (Å²) in [5, 5.41) is 0.667. The first-order valence-electron chi connectivity index (χ1n) is 6.73. The van der Waals surface area contributed by atoms with Crippen LogP contribution in [-0.2, 0) is 20.9 Å². The predicted molar refractivity (Wildman–Crippen MR) is 92.4 cm³/mol. The van der Waals surface area contributed by atoms with E-state index >= 15 is 0 Å². The molecule has 5 nitrogen and oxygen atoms in total. The van der Waals surface area contributed by atoms with Gasteiger partial charge in [0.25, 0.3) is 0 Å². The van der Waals surface area contributed by atoms with Crippen molar-refractivity contribution >= 4 is 41.3 Å². The van der Waals surface area contributed by atoms with Gasteiger partial charge < -0.3 is 8.94 Å². The Morgan fingerprint density at radius 3 is 2.45 bits per heavy atom. The lowest BCUT2D eigenvalue weighted by atomic mass is 10.2. The van der Waals surface area contributed by atoms with Crippen LogP contribution in [0.15, 0.2) is 38.4 Å². The Kier molecular flexibility index (Phi) is 6.06. The fourth-order valence-electron chi connectivity index (χ4n) is 1.89. The molecule has 0 aliphatic rings. The van der Waals surface area contributed by atoms with Crippen LogP contribution in [0.1, 0.15) is 13.8 Å². The molecule has 0 aliphatic heterocycles. The molecule has 0 atom stereocenters. The Morgan fingerprint density at radius 1 is 1.23 bits per heavy atom. The van der Waals surface area contributed by atoms with E-state index in [9.17, 15) is 4.79 Å². The molecular formula is C14H17O5PS2. The van der Waals surface area contributed by atoms with Crippen molar-refractivity contribution in [2.75, 3.05) is 19.5 Å². The first-order valence-corrected chi connectivity index (χ1v) is 10.5. The summed E-state index contributed by atoms with van der Waals surface area (Å²) in [5.41, 5.74) is -0.0226. The van der Waals surface area contributed by atoms with Crippen LogP contribution in [0.5, 0.6) is 5.75 Å². The van der Waals surface area contributed by atoms with Gasteiger partial charge in [-0.2, -0.15) is 0 Å². The summed E-state index contributed by atoms with van der Waals surface area (Å²) in [6.07, 6.45) is 1.78. The van der Waals surface area contributed by atoms with Crippen LogP contribution in [-0.4, -0.2) is 19.5 Å². The van der Waals surface area contributed by atoms with Gasteiger partial charge in [0.1, 0.15) is 10.5 Å². The molecule has 0 bridgehead atoms. The van der Waals surface area contributed by atoms with E-state index in [0.717, 1.165) is 0 Å². The van der Waals surface area contributed by atoms with E-state index in [0.29, 0.717) is 34.8 Å². The standard InChI is InChI=1S/C14H17O5PS2/c1-4-16-20(21,17-5-2)19-12-10-8-6-7-9-11(10)18-14(15)13(12)22-3/h6-9H,4-5H2,1-3H3. The van der Waals surface area contributed by atoms with Crippen molar-refractivity contribution in [2.24, 2.45) is 0 Å². The summed E-state index contributed by atoms with van der Waals surface area (Å²) >= 11 is 6.64. The van der Waals surface area contributed by atoms with E-state index in [4.69, 9.17) is 29.8 Å². The Hall–Kier alpha value is -0.850. The van der Waals surface area contributed by atoms with Crippen LogP contribution >= 0.6 is 18.5 Å². The van der Waals surface area contributed by atoms with Gasteiger partial charge in [0.05, 0.1) is 18.6 Å². The van der Waals surface area contributed by atoms with Crippen LogP contribution in [0, 0.1) is 0 Å². The quantitative estimate of drug-likeness (QED) is 0.417. The molecule has 120 valence electrons. The zero-order chi connectivity index (χ0) is 16.2. The lowest BCUT2D eigenvalue weighted by Crippen LogP contribution is -2.08. The first kappa shape index (κ1) is 17.5. The van der Waals surface area contributed by atoms with E-state index in [1.807, 2.05) is 26.0 Å². The molecule has 0 saturated heterocycles. The summed E-state index contributed by atoms with van der Waals surface area (Å²) < 4.78 is 22.2. The maximum Gasteiger partial charge on any atom is 0.380 e. The fourth-order valence-corrected chi connectivity index (χ4v) is 4.58. The maximum atomic E-state index is 12.1. The Labute approximate surface area is 138 Å². The third-order valence-electron chi connectivity index (χ3n) is 2.71. The Morgan fingerprint density at radius 2 is 1.86 bits per heavy atom. The highest BCUT2D eigenvalue weighted by atomic mass is 32.5. The minimum absolute atomic E-state index is 0.354. The van der Waals surface area contributed by atoms with Crippen molar-refractivity contribution in [3.05, 3.63) is 34.7 Å². The average Bonchev–Trinajstić information content (AvgIpc) is 2.47. The molecule has 0 unspecified atom stereocenters. The molecule has 2 aromatic rings. The van der Waals surface area contributed by atoms with E-state index < -0.39 is 12.3 Å². The summed E-state index contributed by atoms with van der Waals surface area (Å²) in [6.45, 7) is 1.40. The summed E-state index contributed by atoms with van der Waals surface area (Å²) in [5.74, 6) is 0.365. The predicted octanol–water partition coefficient (Wildman–Crippen LogP) is 4.19. The van der Waals surface area contributed by atoms with E-state index in [1.54, 1.807) is 18.4 Å². The summed E-state index contributed by atoms with van der Waals surface area (Å²) in [4.78, 5) is 12.5. The van der Waals surface area contributed by atoms with Gasteiger partial charge in [0.15, 0.2) is 5.75 Å². The number of benzene rings is 1. The molecule has 1 aromatic heterocycles. The monoisotopic (exact) mass is 360 g/mol. The molecule has 0 spiro atoms.